The first-order valence-electron chi connectivity index (χ1n) is 6.31. The molecule has 6 heteroatoms. The molecule has 1 aromatic carbocycles. The Hall–Kier alpha value is -1.40. The first kappa shape index (κ1) is 14.0. The Morgan fingerprint density at radius 1 is 1.37 bits per heavy atom. The van der Waals surface area contributed by atoms with Gasteiger partial charge in [0.2, 0.25) is 10.0 Å². The van der Waals surface area contributed by atoms with E-state index in [0.29, 0.717) is 19.4 Å². The third kappa shape index (κ3) is 2.79. The van der Waals surface area contributed by atoms with Crippen LogP contribution in [0.15, 0.2) is 35.2 Å². The topological polar surface area (TPSA) is 63.7 Å². The Morgan fingerprint density at radius 3 is 2.68 bits per heavy atom. The zero-order valence-electron chi connectivity index (χ0n) is 10.8. The third-order valence-electron chi connectivity index (χ3n) is 3.11. The van der Waals surface area contributed by atoms with Crippen LogP contribution in [0, 0.1) is 0 Å². The second-order valence-electron chi connectivity index (χ2n) is 4.34. The van der Waals surface area contributed by atoms with Gasteiger partial charge >= 0.3 is 5.97 Å². The molecule has 1 aliphatic rings. The lowest BCUT2D eigenvalue weighted by molar-refractivity contribution is -0.146. The predicted octanol–water partition coefficient (Wildman–Crippen LogP) is 1.40. The molecule has 1 heterocycles. The summed E-state index contributed by atoms with van der Waals surface area (Å²) in [7, 11) is -3.62. The minimum absolute atomic E-state index is 0.214. The summed E-state index contributed by atoms with van der Waals surface area (Å²) in [6.07, 6.45) is 1.19. The van der Waals surface area contributed by atoms with Gasteiger partial charge < -0.3 is 4.74 Å². The molecule has 1 fully saturated rings. The van der Waals surface area contributed by atoms with Gasteiger partial charge in [-0.2, -0.15) is 4.31 Å². The Labute approximate surface area is 113 Å². The van der Waals surface area contributed by atoms with Crippen LogP contribution in [0.3, 0.4) is 0 Å². The molecule has 0 aliphatic carbocycles. The second-order valence-corrected chi connectivity index (χ2v) is 6.23. The van der Waals surface area contributed by atoms with Crippen LogP contribution in [0.1, 0.15) is 19.8 Å². The van der Waals surface area contributed by atoms with Gasteiger partial charge in [-0.1, -0.05) is 18.2 Å². The van der Waals surface area contributed by atoms with Gasteiger partial charge in [-0.15, -0.1) is 0 Å². The van der Waals surface area contributed by atoms with E-state index in [-0.39, 0.29) is 11.5 Å². The summed E-state index contributed by atoms with van der Waals surface area (Å²) in [5, 5.41) is 0. The summed E-state index contributed by atoms with van der Waals surface area (Å²) in [6, 6.07) is 7.48. The molecule has 1 saturated heterocycles. The van der Waals surface area contributed by atoms with Crippen molar-refractivity contribution in [3.8, 4) is 0 Å². The molecule has 0 saturated carbocycles. The van der Waals surface area contributed by atoms with E-state index in [1.165, 1.54) is 16.4 Å². The van der Waals surface area contributed by atoms with Crippen LogP contribution in [0.5, 0.6) is 0 Å². The maximum atomic E-state index is 12.5. The maximum absolute atomic E-state index is 12.5. The number of carbonyl (C=O) groups excluding carboxylic acids is 1. The number of nitrogens with zero attached hydrogens (tertiary/aromatic N) is 1. The fourth-order valence-corrected chi connectivity index (χ4v) is 3.90. The van der Waals surface area contributed by atoms with Crippen molar-refractivity contribution in [3.05, 3.63) is 30.3 Å². The molecular weight excluding hydrogens is 266 g/mol. The number of hydrogen-bond donors (Lipinski definition) is 0. The monoisotopic (exact) mass is 283 g/mol. The molecule has 0 spiro atoms. The lowest BCUT2D eigenvalue weighted by Gasteiger charge is -2.22. The lowest BCUT2D eigenvalue weighted by atomic mass is 10.2. The lowest BCUT2D eigenvalue weighted by Crippen LogP contribution is -2.41. The standard InChI is InChI=1S/C13H17NO4S/c1-2-18-13(15)12-9-6-10-14(12)19(16,17)11-7-4-3-5-8-11/h3-5,7-8,12H,2,6,9-10H2,1H3/t12-/m1/s1. The number of esters is 1. The van der Waals surface area contributed by atoms with E-state index in [2.05, 4.69) is 0 Å². The summed E-state index contributed by atoms with van der Waals surface area (Å²) < 4.78 is 31.1. The van der Waals surface area contributed by atoms with E-state index in [0.717, 1.165) is 0 Å². The third-order valence-corrected chi connectivity index (χ3v) is 5.03. The molecule has 5 nitrogen and oxygen atoms in total. The van der Waals surface area contributed by atoms with Crippen LogP contribution in [0.2, 0.25) is 0 Å². The van der Waals surface area contributed by atoms with Crippen molar-refractivity contribution in [2.75, 3.05) is 13.2 Å². The largest absolute Gasteiger partial charge is 0.465 e. The zero-order valence-corrected chi connectivity index (χ0v) is 11.6. The summed E-state index contributed by atoms with van der Waals surface area (Å²) in [4.78, 5) is 12.0. The van der Waals surface area contributed by atoms with Gasteiger partial charge in [0.15, 0.2) is 0 Å². The highest BCUT2D eigenvalue weighted by molar-refractivity contribution is 7.89. The van der Waals surface area contributed by atoms with E-state index >= 15 is 0 Å². The summed E-state index contributed by atoms with van der Waals surface area (Å²) in [5.41, 5.74) is 0. The van der Waals surface area contributed by atoms with Crippen molar-refractivity contribution >= 4 is 16.0 Å². The molecule has 104 valence electrons. The Kier molecular flexibility index (Phi) is 4.21. The highest BCUT2D eigenvalue weighted by Gasteiger charge is 2.40. The van der Waals surface area contributed by atoms with Crippen molar-refractivity contribution < 1.29 is 17.9 Å². The van der Waals surface area contributed by atoms with Crippen LogP contribution in [0.25, 0.3) is 0 Å². The van der Waals surface area contributed by atoms with Crippen LogP contribution in [0.4, 0.5) is 0 Å². The van der Waals surface area contributed by atoms with Crippen molar-refractivity contribution in [2.24, 2.45) is 0 Å². The number of benzene rings is 1. The van der Waals surface area contributed by atoms with Gasteiger partial charge in [0.05, 0.1) is 11.5 Å². The van der Waals surface area contributed by atoms with E-state index < -0.39 is 22.0 Å². The molecule has 0 radical (unpaired) electrons. The number of ether oxygens (including phenoxy) is 1. The van der Waals surface area contributed by atoms with E-state index in [1.54, 1.807) is 25.1 Å². The van der Waals surface area contributed by atoms with E-state index in [1.807, 2.05) is 0 Å². The zero-order chi connectivity index (χ0) is 13.9. The molecule has 0 aromatic heterocycles. The predicted molar refractivity (Wildman–Crippen MR) is 70.0 cm³/mol. The van der Waals surface area contributed by atoms with Crippen LogP contribution in [-0.2, 0) is 19.6 Å². The average molecular weight is 283 g/mol. The fraction of sp³-hybridized carbons (Fsp3) is 0.462. The molecule has 1 aliphatic heterocycles. The Bertz CT molecular complexity index is 541. The van der Waals surface area contributed by atoms with Gasteiger partial charge in [0, 0.05) is 6.54 Å². The highest BCUT2D eigenvalue weighted by Crippen LogP contribution is 2.26. The van der Waals surface area contributed by atoms with Crippen molar-refractivity contribution in [1.82, 2.24) is 4.31 Å². The summed E-state index contributed by atoms with van der Waals surface area (Å²) in [5.74, 6) is -0.459. The molecule has 2 rings (SSSR count). The molecule has 19 heavy (non-hydrogen) atoms. The quantitative estimate of drug-likeness (QED) is 0.784. The maximum Gasteiger partial charge on any atom is 0.324 e. The molecule has 1 atom stereocenters. The van der Waals surface area contributed by atoms with Gasteiger partial charge in [-0.05, 0) is 31.9 Å². The Balaban J connectivity index is 2.27. The first-order chi connectivity index (χ1) is 9.07. The van der Waals surface area contributed by atoms with E-state index in [4.69, 9.17) is 4.74 Å². The van der Waals surface area contributed by atoms with Gasteiger partial charge in [0.25, 0.3) is 0 Å². The number of sulfonamides is 1. The number of rotatable bonds is 4. The molecule has 0 bridgehead atoms. The Morgan fingerprint density at radius 2 is 2.05 bits per heavy atom. The molecule has 0 amide bonds. The normalized spacial score (nSPS) is 20.4. The minimum Gasteiger partial charge on any atom is -0.465 e. The fourth-order valence-electron chi connectivity index (χ4n) is 2.23. The average Bonchev–Trinajstić information content (AvgIpc) is 2.90. The number of hydrogen-bond acceptors (Lipinski definition) is 4. The van der Waals surface area contributed by atoms with Gasteiger partial charge in [0.1, 0.15) is 6.04 Å². The SMILES string of the molecule is CCOC(=O)[C@H]1CCCN1S(=O)(=O)c1ccccc1. The second kappa shape index (κ2) is 5.71. The van der Waals surface area contributed by atoms with Crippen LogP contribution >= 0.6 is 0 Å². The van der Waals surface area contributed by atoms with Crippen LogP contribution in [-0.4, -0.2) is 37.9 Å². The molecule has 1 aromatic rings. The molecular formula is C13H17NO4S. The smallest absolute Gasteiger partial charge is 0.324 e. The highest BCUT2D eigenvalue weighted by atomic mass is 32.2. The van der Waals surface area contributed by atoms with E-state index in [9.17, 15) is 13.2 Å². The van der Waals surface area contributed by atoms with Gasteiger partial charge in [-0.3, -0.25) is 4.79 Å². The van der Waals surface area contributed by atoms with Crippen molar-refractivity contribution in [1.29, 1.82) is 0 Å². The van der Waals surface area contributed by atoms with Gasteiger partial charge in [-0.25, -0.2) is 8.42 Å². The number of carbonyl (C=O) groups is 1. The van der Waals surface area contributed by atoms with Crippen LogP contribution < -0.4 is 0 Å². The molecule has 0 unspecified atom stereocenters. The first-order valence-corrected chi connectivity index (χ1v) is 7.75. The summed E-state index contributed by atoms with van der Waals surface area (Å²) in [6.45, 7) is 2.33. The minimum atomic E-state index is -3.62. The van der Waals surface area contributed by atoms with Crippen molar-refractivity contribution in [2.45, 2.75) is 30.7 Å². The van der Waals surface area contributed by atoms with Crippen molar-refractivity contribution in [3.63, 3.8) is 0 Å². The molecule has 0 N–H and O–H groups in total. The summed E-state index contributed by atoms with van der Waals surface area (Å²) >= 11 is 0.